The van der Waals surface area contributed by atoms with E-state index in [1.165, 1.54) is 20.5 Å². The quantitative estimate of drug-likeness (QED) is 0.636. The van der Waals surface area contributed by atoms with Crippen LogP contribution in [-0.2, 0) is 4.79 Å². The number of nitrogens with zero attached hydrogens (tertiary/aromatic N) is 3. The van der Waals surface area contributed by atoms with E-state index in [9.17, 15) is 4.79 Å². The Hall–Kier alpha value is -3.04. The zero-order chi connectivity index (χ0) is 20.5. The second-order valence-electron chi connectivity index (χ2n) is 6.25. The van der Waals surface area contributed by atoms with Crippen molar-refractivity contribution in [3.05, 3.63) is 57.1 Å². The summed E-state index contributed by atoms with van der Waals surface area (Å²) in [7, 11) is 3.02. The number of ether oxygens (including phenoxy) is 2. The van der Waals surface area contributed by atoms with E-state index in [1.807, 2.05) is 24.4 Å². The van der Waals surface area contributed by atoms with Gasteiger partial charge in [0.15, 0.2) is 0 Å². The van der Waals surface area contributed by atoms with E-state index in [2.05, 4.69) is 20.7 Å². The smallest absolute Gasteiger partial charge is 0.256 e. The van der Waals surface area contributed by atoms with Crippen molar-refractivity contribution >= 4 is 40.5 Å². The van der Waals surface area contributed by atoms with Gasteiger partial charge in [-0.2, -0.15) is 10.1 Å². The van der Waals surface area contributed by atoms with Crippen LogP contribution in [0.3, 0.4) is 0 Å². The number of anilines is 2. The number of methoxy groups -OCH3 is 2. The van der Waals surface area contributed by atoms with E-state index in [0.29, 0.717) is 39.4 Å². The first-order valence-electron chi connectivity index (χ1n) is 8.67. The molecule has 3 heterocycles. The highest BCUT2D eigenvalue weighted by Crippen LogP contribution is 2.39. The van der Waals surface area contributed by atoms with Crippen LogP contribution in [0.15, 0.2) is 47.2 Å². The van der Waals surface area contributed by atoms with Gasteiger partial charge in [-0.05, 0) is 18.4 Å². The first-order valence-corrected chi connectivity index (χ1v) is 9.92. The van der Waals surface area contributed by atoms with Gasteiger partial charge in [-0.3, -0.25) is 4.79 Å². The van der Waals surface area contributed by atoms with E-state index >= 15 is 0 Å². The van der Waals surface area contributed by atoms with Crippen LogP contribution in [0.1, 0.15) is 17.8 Å². The van der Waals surface area contributed by atoms with Gasteiger partial charge in [-0.1, -0.05) is 17.7 Å². The lowest BCUT2D eigenvalue weighted by molar-refractivity contribution is -0.113. The van der Waals surface area contributed by atoms with Crippen LogP contribution in [0, 0.1) is 0 Å². The molecule has 1 amide bonds. The summed E-state index contributed by atoms with van der Waals surface area (Å²) in [5.74, 6) is 1.16. The molecular weight excluding hydrogens is 414 g/mol. The Bertz CT molecular complexity index is 1090. The third-order valence-electron chi connectivity index (χ3n) is 4.57. The molecule has 2 aromatic heterocycles. The molecule has 0 radical (unpaired) electrons. The minimum atomic E-state index is -0.394. The highest BCUT2D eigenvalue weighted by molar-refractivity contribution is 7.10. The summed E-state index contributed by atoms with van der Waals surface area (Å²) in [6.45, 7) is 1.84. The van der Waals surface area contributed by atoms with Gasteiger partial charge in [0.25, 0.3) is 5.91 Å². The molecule has 0 spiro atoms. The van der Waals surface area contributed by atoms with Crippen molar-refractivity contribution in [2.24, 2.45) is 0 Å². The second-order valence-corrected chi connectivity index (χ2v) is 7.64. The standard InChI is InChI=1S/C19H18ClN5O3S/c1-10-16(17(15-5-4-6-29-15)25-19(23-10)21-9-22-25)18(26)24-12-8-13(27-2)11(20)7-14(12)28-3/h4-9,17H,1-3H3,(H,24,26)(H,21,22,23)/t17-/m1/s1. The number of rotatable bonds is 5. The Balaban J connectivity index is 1.74. The van der Waals surface area contributed by atoms with Gasteiger partial charge in [0.05, 0.1) is 30.5 Å². The predicted octanol–water partition coefficient (Wildman–Crippen LogP) is 3.94. The van der Waals surface area contributed by atoms with Crippen LogP contribution < -0.4 is 20.1 Å². The number of benzene rings is 1. The number of carbonyl (C=O) groups is 1. The monoisotopic (exact) mass is 431 g/mol. The van der Waals surface area contributed by atoms with Crippen LogP contribution in [0.25, 0.3) is 0 Å². The van der Waals surface area contributed by atoms with E-state index in [-0.39, 0.29) is 5.91 Å². The number of allylic oxidation sites excluding steroid dienone is 1. The number of thiophene rings is 1. The van der Waals surface area contributed by atoms with E-state index in [4.69, 9.17) is 21.1 Å². The van der Waals surface area contributed by atoms with Crippen molar-refractivity contribution in [3.63, 3.8) is 0 Å². The number of aromatic nitrogens is 3. The molecule has 0 bridgehead atoms. The molecule has 2 N–H and O–H groups in total. The van der Waals surface area contributed by atoms with Crippen molar-refractivity contribution in [1.82, 2.24) is 14.8 Å². The number of halogens is 1. The molecule has 0 saturated carbocycles. The average Bonchev–Trinajstić information content (AvgIpc) is 3.39. The van der Waals surface area contributed by atoms with E-state index in [0.717, 1.165) is 4.88 Å². The minimum Gasteiger partial charge on any atom is -0.495 e. The Morgan fingerprint density at radius 1 is 1.31 bits per heavy atom. The van der Waals surface area contributed by atoms with Gasteiger partial charge in [-0.25, -0.2) is 4.68 Å². The molecule has 0 saturated heterocycles. The molecule has 1 aliphatic rings. The summed E-state index contributed by atoms with van der Waals surface area (Å²) in [5, 5.41) is 12.7. The summed E-state index contributed by atoms with van der Waals surface area (Å²) in [6, 6.07) is 6.75. The van der Waals surface area contributed by atoms with Gasteiger partial charge in [-0.15, -0.1) is 11.3 Å². The zero-order valence-electron chi connectivity index (χ0n) is 15.9. The van der Waals surface area contributed by atoms with Crippen molar-refractivity contribution in [3.8, 4) is 11.5 Å². The maximum Gasteiger partial charge on any atom is 0.256 e. The number of fused-ring (bicyclic) bond motifs is 1. The third kappa shape index (κ3) is 3.43. The number of nitrogens with one attached hydrogen (secondary N) is 2. The van der Waals surface area contributed by atoms with Crippen molar-refractivity contribution < 1.29 is 14.3 Å². The van der Waals surface area contributed by atoms with Gasteiger partial charge in [0, 0.05) is 22.7 Å². The SMILES string of the molecule is COc1cc(NC(=O)C2=C(C)Nc3ncnn3[C@@H]2c2cccs2)c(OC)cc1Cl. The highest BCUT2D eigenvalue weighted by Gasteiger charge is 2.34. The Labute approximate surface area is 176 Å². The summed E-state index contributed by atoms with van der Waals surface area (Å²) in [4.78, 5) is 18.6. The van der Waals surface area contributed by atoms with Crippen LogP contribution in [-0.4, -0.2) is 34.9 Å². The average molecular weight is 432 g/mol. The molecule has 0 unspecified atom stereocenters. The lowest BCUT2D eigenvalue weighted by Crippen LogP contribution is -2.31. The molecule has 10 heteroatoms. The Kier molecular flexibility index (Phi) is 5.16. The Morgan fingerprint density at radius 3 is 2.79 bits per heavy atom. The first kappa shape index (κ1) is 19.3. The molecule has 0 fully saturated rings. The van der Waals surface area contributed by atoms with E-state index < -0.39 is 6.04 Å². The van der Waals surface area contributed by atoms with Crippen LogP contribution in [0.5, 0.6) is 11.5 Å². The van der Waals surface area contributed by atoms with Gasteiger partial charge < -0.3 is 20.1 Å². The van der Waals surface area contributed by atoms with Crippen molar-refractivity contribution in [1.29, 1.82) is 0 Å². The number of amides is 1. The minimum absolute atomic E-state index is 0.294. The first-order chi connectivity index (χ1) is 14.0. The fourth-order valence-electron chi connectivity index (χ4n) is 3.24. The number of hydrogen-bond acceptors (Lipinski definition) is 7. The molecule has 8 nitrogen and oxygen atoms in total. The molecular formula is C19H18ClN5O3S. The topological polar surface area (TPSA) is 90.3 Å². The van der Waals surface area contributed by atoms with Crippen LogP contribution >= 0.6 is 22.9 Å². The number of carbonyl (C=O) groups excluding carboxylic acids is 1. The fourth-order valence-corrected chi connectivity index (χ4v) is 4.29. The summed E-state index contributed by atoms with van der Waals surface area (Å²) >= 11 is 7.72. The predicted molar refractivity (Wildman–Crippen MR) is 112 cm³/mol. The molecule has 150 valence electrons. The maximum absolute atomic E-state index is 13.4. The molecule has 1 aliphatic heterocycles. The largest absolute Gasteiger partial charge is 0.495 e. The molecule has 29 heavy (non-hydrogen) atoms. The zero-order valence-corrected chi connectivity index (χ0v) is 17.5. The second kappa shape index (κ2) is 7.76. The summed E-state index contributed by atoms with van der Waals surface area (Å²) in [6.07, 6.45) is 1.46. The Morgan fingerprint density at radius 2 is 2.10 bits per heavy atom. The molecule has 4 rings (SSSR count). The normalized spacial score (nSPS) is 15.5. The lowest BCUT2D eigenvalue weighted by Gasteiger charge is -2.28. The summed E-state index contributed by atoms with van der Waals surface area (Å²) in [5.41, 5.74) is 1.68. The number of hydrogen-bond donors (Lipinski definition) is 2. The van der Waals surface area contributed by atoms with Gasteiger partial charge >= 0.3 is 0 Å². The third-order valence-corrected chi connectivity index (χ3v) is 5.79. The maximum atomic E-state index is 13.4. The van der Waals surface area contributed by atoms with E-state index in [1.54, 1.807) is 28.2 Å². The summed E-state index contributed by atoms with van der Waals surface area (Å²) < 4.78 is 12.3. The molecule has 3 aromatic rings. The van der Waals surface area contributed by atoms with Crippen molar-refractivity contribution in [2.75, 3.05) is 24.9 Å². The van der Waals surface area contributed by atoms with Crippen LogP contribution in [0.4, 0.5) is 11.6 Å². The molecule has 0 aliphatic carbocycles. The molecule has 1 aromatic carbocycles. The van der Waals surface area contributed by atoms with Gasteiger partial charge in [0.1, 0.15) is 23.9 Å². The van der Waals surface area contributed by atoms with Crippen LogP contribution in [0.2, 0.25) is 5.02 Å². The highest BCUT2D eigenvalue weighted by atomic mass is 35.5. The lowest BCUT2D eigenvalue weighted by atomic mass is 10.0. The fraction of sp³-hybridized carbons (Fsp3) is 0.211. The molecule has 1 atom stereocenters. The van der Waals surface area contributed by atoms with Gasteiger partial charge in [0.2, 0.25) is 5.95 Å². The van der Waals surface area contributed by atoms with Crippen molar-refractivity contribution in [2.45, 2.75) is 13.0 Å².